The third-order valence-electron chi connectivity index (χ3n) is 3.92. The van der Waals surface area contributed by atoms with E-state index in [1.807, 2.05) is 0 Å². The van der Waals surface area contributed by atoms with Crippen LogP contribution in [0.2, 0.25) is 0 Å². The second-order valence-corrected chi connectivity index (χ2v) is 5.87. The molecule has 23 heavy (non-hydrogen) atoms. The third kappa shape index (κ3) is 12.0. The predicted molar refractivity (Wildman–Crippen MR) is 112 cm³/mol. The lowest BCUT2D eigenvalue weighted by Crippen LogP contribution is -2.43. The molecule has 5 nitrogen and oxygen atoms in total. The molecule has 0 aromatic heterocycles. The molecule has 3 N–H and O–H groups in total. The Morgan fingerprint density at radius 3 is 2.00 bits per heavy atom. The summed E-state index contributed by atoms with van der Waals surface area (Å²) >= 11 is 0. The Kier molecular flexibility index (Phi) is 16.9. The monoisotopic (exact) mass is 442 g/mol. The van der Waals surface area contributed by atoms with Crippen molar-refractivity contribution < 1.29 is 5.11 Å². The van der Waals surface area contributed by atoms with Crippen LogP contribution in [-0.4, -0.2) is 60.8 Å². The van der Waals surface area contributed by atoms with E-state index in [1.165, 1.54) is 0 Å². The minimum absolute atomic E-state index is 0. The fourth-order valence-electron chi connectivity index (χ4n) is 2.65. The molecule has 0 saturated heterocycles. The van der Waals surface area contributed by atoms with E-state index in [2.05, 4.69) is 55.1 Å². The predicted octanol–water partition coefficient (Wildman–Crippen LogP) is 2.83. The first kappa shape index (κ1) is 25.2. The van der Waals surface area contributed by atoms with Crippen molar-refractivity contribution >= 4 is 29.9 Å². The molecule has 0 saturated carbocycles. The molecule has 0 aliphatic rings. The van der Waals surface area contributed by atoms with Crippen LogP contribution in [0.15, 0.2) is 4.99 Å². The highest BCUT2D eigenvalue weighted by atomic mass is 127. The van der Waals surface area contributed by atoms with Crippen LogP contribution in [0.1, 0.15) is 60.3 Å². The summed E-state index contributed by atoms with van der Waals surface area (Å²) in [6.07, 6.45) is 3.59. The van der Waals surface area contributed by atoms with Crippen molar-refractivity contribution in [3.8, 4) is 0 Å². The molecule has 0 spiro atoms. The quantitative estimate of drug-likeness (QED) is 0.247. The summed E-state index contributed by atoms with van der Waals surface area (Å²) in [7, 11) is 0. The molecule has 0 heterocycles. The van der Waals surface area contributed by atoms with E-state index in [0.29, 0.717) is 6.54 Å². The summed E-state index contributed by atoms with van der Waals surface area (Å²) < 4.78 is 0. The maximum Gasteiger partial charge on any atom is 0.191 e. The van der Waals surface area contributed by atoms with Crippen LogP contribution in [0.5, 0.6) is 0 Å². The molecule has 0 unspecified atom stereocenters. The van der Waals surface area contributed by atoms with E-state index in [4.69, 9.17) is 0 Å². The average Bonchev–Trinajstić information content (AvgIpc) is 2.49. The van der Waals surface area contributed by atoms with Gasteiger partial charge in [-0.2, -0.15) is 0 Å². The van der Waals surface area contributed by atoms with Gasteiger partial charge in [-0.15, -0.1) is 24.0 Å². The lowest BCUT2D eigenvalue weighted by Gasteiger charge is -2.26. The Hall–Kier alpha value is -0.0800. The number of aliphatic imine (C=N–C) groups is 1. The molecule has 6 heteroatoms. The second-order valence-electron chi connectivity index (χ2n) is 5.87. The van der Waals surface area contributed by atoms with Crippen LogP contribution in [-0.2, 0) is 0 Å². The van der Waals surface area contributed by atoms with Crippen molar-refractivity contribution in [2.45, 2.75) is 65.9 Å². The van der Waals surface area contributed by atoms with Crippen molar-refractivity contribution in [1.82, 2.24) is 15.5 Å². The molecular weight excluding hydrogens is 403 g/mol. The number of hydrogen-bond donors (Lipinski definition) is 3. The fraction of sp³-hybridized carbons (Fsp3) is 0.941. The zero-order valence-corrected chi connectivity index (χ0v) is 18.2. The largest absolute Gasteiger partial charge is 0.388 e. The third-order valence-corrected chi connectivity index (χ3v) is 3.92. The summed E-state index contributed by atoms with van der Waals surface area (Å²) in [6, 6.07) is 0. The number of likely N-dealkylation sites (N-methyl/N-ethyl adjacent to an activating group) is 1. The van der Waals surface area contributed by atoms with E-state index in [-0.39, 0.29) is 24.0 Å². The van der Waals surface area contributed by atoms with Crippen molar-refractivity contribution in [1.29, 1.82) is 0 Å². The van der Waals surface area contributed by atoms with Gasteiger partial charge in [0.25, 0.3) is 0 Å². The van der Waals surface area contributed by atoms with Gasteiger partial charge in [0.05, 0.1) is 12.1 Å². The van der Waals surface area contributed by atoms with Gasteiger partial charge in [0.2, 0.25) is 0 Å². The highest BCUT2D eigenvalue weighted by molar-refractivity contribution is 14.0. The molecule has 0 aliphatic carbocycles. The average molecular weight is 442 g/mol. The Labute approximate surface area is 160 Å². The van der Waals surface area contributed by atoms with Crippen LogP contribution in [0.25, 0.3) is 0 Å². The molecule has 140 valence electrons. The minimum Gasteiger partial charge on any atom is -0.388 e. The van der Waals surface area contributed by atoms with Crippen LogP contribution in [0.4, 0.5) is 0 Å². The molecule has 0 rings (SSSR count). The van der Waals surface area contributed by atoms with E-state index in [1.54, 1.807) is 0 Å². The van der Waals surface area contributed by atoms with E-state index >= 15 is 0 Å². The number of aliphatic hydroxyl groups is 1. The normalized spacial score (nSPS) is 12.2. The van der Waals surface area contributed by atoms with Gasteiger partial charge < -0.3 is 20.6 Å². The van der Waals surface area contributed by atoms with Crippen molar-refractivity contribution in [2.75, 3.05) is 39.3 Å². The number of nitrogens with zero attached hydrogens (tertiary/aromatic N) is 2. The molecular formula is C17H39IN4O. The van der Waals surface area contributed by atoms with E-state index < -0.39 is 5.60 Å². The summed E-state index contributed by atoms with van der Waals surface area (Å²) in [5.41, 5.74) is -0.662. The van der Waals surface area contributed by atoms with Crippen LogP contribution >= 0.6 is 24.0 Å². The summed E-state index contributed by atoms with van der Waals surface area (Å²) in [5, 5.41) is 17.3. The number of rotatable bonds is 12. The van der Waals surface area contributed by atoms with Crippen LogP contribution in [0.3, 0.4) is 0 Å². The molecule has 0 atom stereocenters. The van der Waals surface area contributed by atoms with Crippen LogP contribution < -0.4 is 10.6 Å². The highest BCUT2D eigenvalue weighted by Crippen LogP contribution is 2.19. The van der Waals surface area contributed by atoms with Gasteiger partial charge in [-0.25, -0.2) is 0 Å². The summed E-state index contributed by atoms with van der Waals surface area (Å²) in [6.45, 7) is 15.9. The fourth-order valence-corrected chi connectivity index (χ4v) is 2.65. The van der Waals surface area contributed by atoms with Crippen LogP contribution in [0, 0.1) is 0 Å². The van der Waals surface area contributed by atoms with Gasteiger partial charge in [0, 0.05) is 19.6 Å². The van der Waals surface area contributed by atoms with Gasteiger partial charge in [-0.05, 0) is 32.9 Å². The van der Waals surface area contributed by atoms with Crippen molar-refractivity contribution in [3.05, 3.63) is 0 Å². The van der Waals surface area contributed by atoms with Gasteiger partial charge in [-0.1, -0.05) is 40.5 Å². The van der Waals surface area contributed by atoms with Gasteiger partial charge in [0.1, 0.15) is 0 Å². The van der Waals surface area contributed by atoms with E-state index in [9.17, 15) is 5.11 Å². The Bertz CT molecular complexity index is 290. The SMILES string of the molecule is CCCC(O)(CCC)CN=C(NCC)NCCN(CC)CC.I. The number of guanidine groups is 1. The number of halogens is 1. The molecule has 0 aromatic carbocycles. The molecule has 0 bridgehead atoms. The van der Waals surface area contributed by atoms with Gasteiger partial charge in [0.15, 0.2) is 5.96 Å². The highest BCUT2D eigenvalue weighted by Gasteiger charge is 2.24. The lowest BCUT2D eigenvalue weighted by molar-refractivity contribution is 0.0306. The Balaban J connectivity index is 0. The molecule has 0 radical (unpaired) electrons. The zero-order valence-electron chi connectivity index (χ0n) is 15.8. The molecule has 0 fully saturated rings. The van der Waals surface area contributed by atoms with Crippen molar-refractivity contribution in [3.63, 3.8) is 0 Å². The first-order valence-electron chi connectivity index (χ1n) is 9.02. The Morgan fingerprint density at radius 1 is 1.00 bits per heavy atom. The Morgan fingerprint density at radius 2 is 1.57 bits per heavy atom. The molecule has 0 amide bonds. The second kappa shape index (κ2) is 15.4. The number of hydrogen-bond acceptors (Lipinski definition) is 3. The summed E-state index contributed by atoms with van der Waals surface area (Å²) in [5.74, 6) is 0.806. The van der Waals surface area contributed by atoms with Crippen molar-refractivity contribution in [2.24, 2.45) is 4.99 Å². The topological polar surface area (TPSA) is 59.9 Å². The standard InChI is InChI=1S/C17H38N4O.HI/c1-6-11-17(22,12-7-2)15-20-16(18-8-3)19-13-14-21(9-4)10-5;/h22H,6-15H2,1-5H3,(H2,18,19,20);1H. The summed E-state index contributed by atoms with van der Waals surface area (Å²) in [4.78, 5) is 6.97. The number of nitrogens with one attached hydrogen (secondary N) is 2. The van der Waals surface area contributed by atoms with E-state index in [0.717, 1.165) is 64.4 Å². The van der Waals surface area contributed by atoms with Gasteiger partial charge in [-0.3, -0.25) is 4.99 Å². The minimum atomic E-state index is -0.662. The van der Waals surface area contributed by atoms with Gasteiger partial charge >= 0.3 is 0 Å². The molecule has 0 aliphatic heterocycles. The first-order chi connectivity index (χ1) is 10.5. The molecule has 0 aromatic rings. The smallest absolute Gasteiger partial charge is 0.191 e. The maximum absolute atomic E-state index is 10.6. The lowest BCUT2D eigenvalue weighted by atomic mass is 9.93. The first-order valence-corrected chi connectivity index (χ1v) is 9.02. The zero-order chi connectivity index (χ0) is 16.8. The maximum atomic E-state index is 10.6.